The number of nitrogens with zero attached hydrogens (tertiary/aromatic N) is 1. The zero-order valence-electron chi connectivity index (χ0n) is 14.1. The van der Waals surface area contributed by atoms with E-state index in [9.17, 15) is 19.5 Å². The van der Waals surface area contributed by atoms with Gasteiger partial charge in [-0.15, -0.1) is 5.73 Å². The van der Waals surface area contributed by atoms with Gasteiger partial charge in [0, 0.05) is 0 Å². The van der Waals surface area contributed by atoms with E-state index in [1.165, 1.54) is 19.1 Å². The Labute approximate surface area is 141 Å². The first-order chi connectivity index (χ1) is 11.0. The normalized spacial score (nSPS) is 16.4. The third-order valence-electron chi connectivity index (χ3n) is 3.98. The van der Waals surface area contributed by atoms with Crippen molar-refractivity contribution in [1.82, 2.24) is 10.4 Å². The largest absolute Gasteiger partial charge is 0.480 e. The average molecular weight is 344 g/mol. The van der Waals surface area contributed by atoms with Gasteiger partial charge in [0.25, 0.3) is 11.8 Å². The predicted molar refractivity (Wildman–Crippen MR) is 92.1 cm³/mol. The number of imide groups is 1. The van der Waals surface area contributed by atoms with E-state index in [2.05, 4.69) is 17.7 Å². The number of rotatable bonds is 5. The lowest BCUT2D eigenvalue weighted by molar-refractivity contribution is -0.143. The Morgan fingerprint density at radius 2 is 1.67 bits per heavy atom. The van der Waals surface area contributed by atoms with E-state index in [0.29, 0.717) is 5.20 Å². The van der Waals surface area contributed by atoms with Crippen LogP contribution in [0.4, 0.5) is 0 Å². The number of hydrogen-bond acceptors (Lipinski definition) is 4. The van der Waals surface area contributed by atoms with Gasteiger partial charge < -0.3 is 5.11 Å². The summed E-state index contributed by atoms with van der Waals surface area (Å²) in [5, 5.41) is 11.0. The smallest absolute Gasteiger partial charge is 0.329 e. The van der Waals surface area contributed by atoms with Crippen LogP contribution in [0.5, 0.6) is 0 Å². The molecular weight excluding hydrogens is 324 g/mol. The van der Waals surface area contributed by atoms with Gasteiger partial charge in [0.1, 0.15) is 0 Å². The van der Waals surface area contributed by atoms with Crippen LogP contribution < -0.4 is 5.43 Å². The van der Waals surface area contributed by atoms with Gasteiger partial charge in [-0.2, -0.15) is 0 Å². The molecular formula is C17H20N2O4Si. The lowest BCUT2D eigenvalue weighted by Gasteiger charge is -2.36. The van der Waals surface area contributed by atoms with Crippen LogP contribution in [0.2, 0.25) is 19.6 Å². The number of carbonyl (C=O) groups is 3. The average Bonchev–Trinajstić information content (AvgIpc) is 2.72. The highest BCUT2D eigenvalue weighted by atomic mass is 28.3. The molecule has 1 aliphatic rings. The van der Waals surface area contributed by atoms with E-state index in [1.807, 2.05) is 19.6 Å². The summed E-state index contributed by atoms with van der Waals surface area (Å²) in [6.45, 7) is 10.9. The highest BCUT2D eigenvalue weighted by molar-refractivity contribution is 6.83. The van der Waals surface area contributed by atoms with Crippen molar-refractivity contribution in [1.29, 1.82) is 0 Å². The number of benzene rings is 1. The first-order valence-corrected chi connectivity index (χ1v) is 10.9. The van der Waals surface area contributed by atoms with Crippen molar-refractivity contribution in [2.24, 2.45) is 0 Å². The molecule has 1 unspecified atom stereocenters. The minimum atomic E-state index is -2.13. The van der Waals surface area contributed by atoms with E-state index < -0.39 is 31.4 Å². The first kappa shape index (κ1) is 17.9. The molecule has 2 amide bonds. The fourth-order valence-electron chi connectivity index (χ4n) is 2.92. The second-order valence-electron chi connectivity index (χ2n) is 6.84. The lowest BCUT2D eigenvalue weighted by atomic mass is 10.0. The Balaban J connectivity index is 2.48. The quantitative estimate of drug-likeness (QED) is 0.486. The van der Waals surface area contributed by atoms with Gasteiger partial charge in [-0.1, -0.05) is 38.4 Å². The highest BCUT2D eigenvalue weighted by Crippen LogP contribution is 2.29. The number of fused-ring (bicyclic) bond motifs is 1. The van der Waals surface area contributed by atoms with Crippen molar-refractivity contribution in [2.45, 2.75) is 32.1 Å². The van der Waals surface area contributed by atoms with E-state index >= 15 is 0 Å². The zero-order chi connectivity index (χ0) is 18.3. The van der Waals surface area contributed by atoms with E-state index in [4.69, 9.17) is 0 Å². The lowest BCUT2D eigenvalue weighted by Crippen LogP contribution is -2.62. The maximum Gasteiger partial charge on any atom is 0.329 e. The summed E-state index contributed by atoms with van der Waals surface area (Å²) in [6.07, 6.45) is 0. The minimum absolute atomic E-state index is 0.250. The van der Waals surface area contributed by atoms with Gasteiger partial charge in [0.15, 0.2) is 5.54 Å². The molecule has 2 rings (SSSR count). The number of hydrazine groups is 1. The zero-order valence-corrected chi connectivity index (χ0v) is 15.1. The van der Waals surface area contributed by atoms with Crippen LogP contribution in [0.1, 0.15) is 27.6 Å². The standard InChI is InChI=1S/C17H20N2O4Si/c1-6-13(24(3,4)5)17(2,16(22)23)18-19-14(20)11-9-7-8-10-12(11)15(19)21/h7-10,18H,1H2,2-5H3,(H,22,23). The highest BCUT2D eigenvalue weighted by Gasteiger charge is 2.48. The molecule has 6 nitrogen and oxygen atoms in total. The maximum absolute atomic E-state index is 12.5. The molecule has 0 aromatic heterocycles. The molecule has 0 radical (unpaired) electrons. The number of carbonyl (C=O) groups excluding carboxylic acids is 2. The fraction of sp³-hybridized carbons (Fsp3) is 0.294. The molecule has 126 valence electrons. The van der Waals surface area contributed by atoms with Crippen molar-refractivity contribution in [3.05, 3.63) is 52.9 Å². The number of hydrogen-bond donors (Lipinski definition) is 2. The number of carboxylic acids is 1. The predicted octanol–water partition coefficient (Wildman–Crippen LogP) is 2.22. The third-order valence-corrected chi connectivity index (χ3v) is 6.16. The summed E-state index contributed by atoms with van der Waals surface area (Å²) in [6, 6.07) is 6.39. The van der Waals surface area contributed by atoms with Crippen molar-refractivity contribution in [3.63, 3.8) is 0 Å². The van der Waals surface area contributed by atoms with Gasteiger partial charge in [-0.05, 0) is 24.3 Å². The molecule has 0 spiro atoms. The maximum atomic E-state index is 12.5. The van der Waals surface area contributed by atoms with Crippen LogP contribution >= 0.6 is 0 Å². The van der Waals surface area contributed by atoms with Gasteiger partial charge in [0.2, 0.25) is 0 Å². The third kappa shape index (κ3) is 2.73. The Bertz CT molecular complexity index is 755. The molecule has 0 saturated heterocycles. The van der Waals surface area contributed by atoms with Gasteiger partial charge in [-0.3, -0.25) is 9.59 Å². The Morgan fingerprint density at radius 1 is 1.21 bits per heavy atom. The van der Waals surface area contributed by atoms with Crippen LogP contribution in [0, 0.1) is 0 Å². The molecule has 24 heavy (non-hydrogen) atoms. The summed E-state index contributed by atoms with van der Waals surface area (Å²) in [4.78, 5) is 36.9. The van der Waals surface area contributed by atoms with Crippen LogP contribution in [0.15, 0.2) is 41.8 Å². The SMILES string of the molecule is C=C=C(C(C)(NN1C(=O)c2ccccc2C1=O)C(=O)O)[Si](C)(C)C. The molecule has 0 saturated carbocycles. The molecule has 0 bridgehead atoms. The molecule has 7 heteroatoms. The molecule has 1 aliphatic heterocycles. The molecule has 1 aromatic rings. The minimum Gasteiger partial charge on any atom is -0.480 e. The second-order valence-corrected chi connectivity index (χ2v) is 11.8. The molecule has 1 aromatic carbocycles. The summed E-state index contributed by atoms with van der Waals surface area (Å²) in [5.41, 5.74) is 4.20. The van der Waals surface area contributed by atoms with Crippen molar-refractivity contribution < 1.29 is 19.5 Å². The van der Waals surface area contributed by atoms with Crippen LogP contribution in [-0.2, 0) is 4.79 Å². The van der Waals surface area contributed by atoms with Gasteiger partial charge in [-0.25, -0.2) is 15.2 Å². The number of amides is 2. The molecule has 1 atom stereocenters. The van der Waals surface area contributed by atoms with E-state index in [1.54, 1.807) is 12.1 Å². The van der Waals surface area contributed by atoms with Crippen LogP contribution in [0.3, 0.4) is 0 Å². The van der Waals surface area contributed by atoms with E-state index in [0.717, 1.165) is 5.01 Å². The summed E-state index contributed by atoms with van der Waals surface area (Å²) < 4.78 is 0. The number of nitrogens with one attached hydrogen (secondary N) is 1. The van der Waals surface area contributed by atoms with Crippen molar-refractivity contribution in [2.75, 3.05) is 0 Å². The van der Waals surface area contributed by atoms with Crippen LogP contribution in [-0.4, -0.2) is 41.5 Å². The Morgan fingerprint density at radius 3 is 2.00 bits per heavy atom. The summed E-state index contributed by atoms with van der Waals surface area (Å²) >= 11 is 0. The second kappa shape index (κ2) is 5.87. The summed E-state index contributed by atoms with van der Waals surface area (Å²) in [5.74, 6) is -2.34. The van der Waals surface area contributed by atoms with Crippen LogP contribution in [0.25, 0.3) is 0 Å². The van der Waals surface area contributed by atoms with E-state index in [-0.39, 0.29) is 11.1 Å². The van der Waals surface area contributed by atoms with Crippen molar-refractivity contribution in [3.8, 4) is 0 Å². The van der Waals surface area contributed by atoms with Gasteiger partial charge in [0.05, 0.1) is 19.2 Å². The Hall–Kier alpha value is -2.47. The fourth-order valence-corrected chi connectivity index (χ4v) is 5.11. The molecule has 0 aliphatic carbocycles. The Kier molecular flexibility index (Phi) is 4.37. The summed E-state index contributed by atoms with van der Waals surface area (Å²) in [7, 11) is -2.13. The first-order valence-electron chi connectivity index (χ1n) is 7.44. The monoisotopic (exact) mass is 344 g/mol. The van der Waals surface area contributed by atoms with Gasteiger partial charge >= 0.3 is 5.97 Å². The number of aliphatic carboxylic acids is 1. The molecule has 0 fully saturated rings. The number of carboxylic acid groups (broad SMARTS) is 1. The van der Waals surface area contributed by atoms with Crippen molar-refractivity contribution >= 4 is 25.9 Å². The molecule has 2 N–H and O–H groups in total. The topological polar surface area (TPSA) is 86.7 Å². The molecule has 1 heterocycles.